The van der Waals surface area contributed by atoms with E-state index in [9.17, 15) is 4.79 Å². The molecule has 5 N–H and O–H groups in total. The van der Waals surface area contributed by atoms with Gasteiger partial charge in [-0.25, -0.2) is 25.3 Å². The number of benzene rings is 1. The Hall–Kier alpha value is -4.29. The van der Waals surface area contributed by atoms with Gasteiger partial charge in [0, 0.05) is 18.0 Å². The first-order valence-corrected chi connectivity index (χ1v) is 11.4. The molecular weight excluding hydrogens is 464 g/mol. The Bertz CT molecular complexity index is 1600. The highest BCUT2D eigenvalue weighted by Crippen LogP contribution is 2.28. The SMILES string of the molecule is Cc1ccnc2nc(CNc3ncnc(N)c3C(=[NH2+])C#CC3CC3)n(-c3ccccc3Cl)c(=O)c12. The van der Waals surface area contributed by atoms with E-state index >= 15 is 0 Å². The Balaban J connectivity index is 1.59. The zero-order chi connectivity index (χ0) is 24.5. The minimum absolute atomic E-state index is 0.110. The minimum atomic E-state index is -0.269. The molecule has 4 aromatic rings. The average molecular weight is 486 g/mol. The third kappa shape index (κ3) is 4.44. The summed E-state index contributed by atoms with van der Waals surface area (Å²) in [5.41, 5.74) is 8.17. The summed E-state index contributed by atoms with van der Waals surface area (Å²) in [5.74, 6) is 7.45. The molecular formula is C25H22ClN8O+. The smallest absolute Gasteiger partial charge is 0.267 e. The van der Waals surface area contributed by atoms with Gasteiger partial charge in [-0.15, -0.1) is 0 Å². The molecule has 1 saturated carbocycles. The molecule has 0 radical (unpaired) electrons. The third-order valence-electron chi connectivity index (χ3n) is 5.69. The van der Waals surface area contributed by atoms with Crippen LogP contribution in [-0.4, -0.2) is 30.2 Å². The van der Waals surface area contributed by atoms with E-state index in [4.69, 9.17) is 22.7 Å². The second-order valence-electron chi connectivity index (χ2n) is 8.24. The van der Waals surface area contributed by atoms with Gasteiger partial charge in [0.15, 0.2) is 5.65 Å². The molecule has 35 heavy (non-hydrogen) atoms. The number of pyridine rings is 1. The number of rotatable bonds is 5. The average Bonchev–Trinajstić information content (AvgIpc) is 3.67. The number of halogens is 1. The van der Waals surface area contributed by atoms with Crippen LogP contribution in [0.15, 0.2) is 47.7 Å². The molecule has 0 atom stereocenters. The summed E-state index contributed by atoms with van der Waals surface area (Å²) in [6.07, 6.45) is 5.11. The van der Waals surface area contributed by atoms with E-state index in [0.29, 0.717) is 44.9 Å². The number of nitrogen functional groups attached to an aromatic ring is 1. The molecule has 1 fully saturated rings. The van der Waals surface area contributed by atoms with Gasteiger partial charge in [-0.1, -0.05) is 29.7 Å². The van der Waals surface area contributed by atoms with Gasteiger partial charge in [-0.05, 0) is 43.5 Å². The Morgan fingerprint density at radius 3 is 2.83 bits per heavy atom. The van der Waals surface area contributed by atoms with E-state index in [-0.39, 0.29) is 23.6 Å². The Morgan fingerprint density at radius 2 is 2.06 bits per heavy atom. The number of nitrogens with one attached hydrogen (secondary N) is 1. The molecule has 1 aromatic carbocycles. The summed E-state index contributed by atoms with van der Waals surface area (Å²) < 4.78 is 1.48. The number of anilines is 2. The van der Waals surface area contributed by atoms with Crippen LogP contribution in [0.3, 0.4) is 0 Å². The first-order valence-electron chi connectivity index (χ1n) is 11.0. The van der Waals surface area contributed by atoms with Crippen LogP contribution in [0.4, 0.5) is 11.6 Å². The van der Waals surface area contributed by atoms with Gasteiger partial charge in [0.2, 0.25) is 0 Å². The maximum absolute atomic E-state index is 13.6. The number of aromatic nitrogens is 5. The van der Waals surface area contributed by atoms with Gasteiger partial charge in [-0.2, -0.15) is 0 Å². The van der Waals surface area contributed by atoms with Crippen molar-refractivity contribution in [3.63, 3.8) is 0 Å². The van der Waals surface area contributed by atoms with Crippen LogP contribution in [0.1, 0.15) is 29.8 Å². The summed E-state index contributed by atoms with van der Waals surface area (Å²) >= 11 is 6.47. The second kappa shape index (κ2) is 9.16. The molecule has 0 unspecified atom stereocenters. The number of nitrogens with zero attached hydrogens (tertiary/aromatic N) is 5. The molecule has 3 aromatic heterocycles. The first-order chi connectivity index (χ1) is 16.9. The largest absolute Gasteiger partial charge is 0.383 e. The van der Waals surface area contributed by atoms with Crippen LogP contribution in [-0.2, 0) is 6.54 Å². The molecule has 1 aliphatic rings. The van der Waals surface area contributed by atoms with Crippen molar-refractivity contribution in [3.05, 3.63) is 75.2 Å². The van der Waals surface area contributed by atoms with Crippen molar-refractivity contribution >= 4 is 40.0 Å². The lowest BCUT2D eigenvalue weighted by atomic mass is 10.1. The summed E-state index contributed by atoms with van der Waals surface area (Å²) in [4.78, 5) is 31.0. The minimum Gasteiger partial charge on any atom is -0.383 e. The lowest BCUT2D eigenvalue weighted by molar-refractivity contribution is -0.110. The van der Waals surface area contributed by atoms with E-state index in [2.05, 4.69) is 37.1 Å². The zero-order valence-electron chi connectivity index (χ0n) is 18.9. The number of hydrogen-bond acceptors (Lipinski definition) is 7. The molecule has 10 heteroatoms. The molecule has 9 nitrogen and oxygen atoms in total. The van der Waals surface area contributed by atoms with E-state index in [0.717, 1.165) is 18.4 Å². The van der Waals surface area contributed by atoms with Crippen LogP contribution >= 0.6 is 11.6 Å². The first kappa shape index (κ1) is 22.5. The van der Waals surface area contributed by atoms with E-state index in [1.165, 1.54) is 10.9 Å². The standard InChI is InChI=1S/C25H21ClN8O/c1-14-10-11-29-24-20(14)25(35)34(18-5-3-2-4-16(18)26)19(33-24)12-30-23-21(22(28)31-13-32-23)17(27)9-8-15-6-7-15/h2-5,10-11,13,15,27H,6-7,12H2,1H3,(H3,28,30,31,32)/p+1. The fourth-order valence-corrected chi connectivity index (χ4v) is 3.95. The molecule has 0 aliphatic heterocycles. The third-order valence-corrected chi connectivity index (χ3v) is 6.01. The van der Waals surface area contributed by atoms with Crippen LogP contribution < -0.4 is 22.0 Å². The van der Waals surface area contributed by atoms with E-state index < -0.39 is 0 Å². The number of para-hydroxylation sites is 1. The van der Waals surface area contributed by atoms with Crippen molar-refractivity contribution in [2.75, 3.05) is 11.1 Å². The van der Waals surface area contributed by atoms with Crippen molar-refractivity contribution in [1.82, 2.24) is 24.5 Å². The molecule has 5 rings (SSSR count). The van der Waals surface area contributed by atoms with Gasteiger partial charge in [-0.3, -0.25) is 9.36 Å². The highest BCUT2D eigenvalue weighted by Gasteiger charge is 2.22. The Labute approximate surface area is 205 Å². The topological polar surface area (TPSA) is 137 Å². The van der Waals surface area contributed by atoms with Gasteiger partial charge >= 0.3 is 0 Å². The van der Waals surface area contributed by atoms with E-state index in [1.54, 1.807) is 30.5 Å². The summed E-state index contributed by atoms with van der Waals surface area (Å²) in [7, 11) is 0. The summed E-state index contributed by atoms with van der Waals surface area (Å²) in [6.45, 7) is 1.96. The molecule has 0 bridgehead atoms. The molecule has 0 saturated heterocycles. The number of hydrogen-bond donors (Lipinski definition) is 3. The molecule has 0 spiro atoms. The van der Waals surface area contributed by atoms with Crippen molar-refractivity contribution in [2.45, 2.75) is 26.3 Å². The van der Waals surface area contributed by atoms with Crippen molar-refractivity contribution < 1.29 is 5.41 Å². The number of fused-ring (bicyclic) bond motifs is 1. The van der Waals surface area contributed by atoms with Gasteiger partial charge in [0.1, 0.15) is 29.4 Å². The normalized spacial score (nSPS) is 12.7. The highest BCUT2D eigenvalue weighted by molar-refractivity contribution is 6.32. The van der Waals surface area contributed by atoms with Gasteiger partial charge in [0.25, 0.3) is 11.3 Å². The Kier molecular flexibility index (Phi) is 5.89. The summed E-state index contributed by atoms with van der Waals surface area (Å²) in [6, 6.07) is 8.87. The quantitative estimate of drug-likeness (QED) is 0.289. The predicted molar refractivity (Wildman–Crippen MR) is 135 cm³/mol. The predicted octanol–water partition coefficient (Wildman–Crippen LogP) is 1.69. The molecule has 1 aliphatic carbocycles. The maximum Gasteiger partial charge on any atom is 0.267 e. The highest BCUT2D eigenvalue weighted by atomic mass is 35.5. The summed E-state index contributed by atoms with van der Waals surface area (Å²) in [5, 5.41) is 10.3. The van der Waals surface area contributed by atoms with Gasteiger partial charge in [0.05, 0.1) is 22.6 Å². The van der Waals surface area contributed by atoms with Crippen molar-refractivity contribution in [3.8, 4) is 17.5 Å². The zero-order valence-corrected chi connectivity index (χ0v) is 19.7. The fraction of sp³-hybridized carbons (Fsp3) is 0.200. The Morgan fingerprint density at radius 1 is 1.26 bits per heavy atom. The number of nitrogens with two attached hydrogens (primary N) is 2. The monoisotopic (exact) mass is 485 g/mol. The molecule has 0 amide bonds. The van der Waals surface area contributed by atoms with E-state index in [1.807, 2.05) is 13.0 Å². The van der Waals surface area contributed by atoms with Crippen LogP contribution in [0.5, 0.6) is 0 Å². The van der Waals surface area contributed by atoms with Crippen LogP contribution in [0.2, 0.25) is 5.02 Å². The molecule has 174 valence electrons. The lowest BCUT2D eigenvalue weighted by Crippen LogP contribution is -2.40. The molecule has 3 heterocycles. The van der Waals surface area contributed by atoms with Gasteiger partial charge < -0.3 is 11.1 Å². The van der Waals surface area contributed by atoms with Crippen LogP contribution in [0, 0.1) is 24.7 Å². The van der Waals surface area contributed by atoms with Crippen molar-refractivity contribution in [2.24, 2.45) is 5.92 Å². The lowest BCUT2D eigenvalue weighted by Gasteiger charge is -2.16. The van der Waals surface area contributed by atoms with Crippen LogP contribution in [0.25, 0.3) is 16.7 Å². The maximum atomic E-state index is 13.6. The fourth-order valence-electron chi connectivity index (χ4n) is 3.73. The number of aryl methyl sites for hydroxylation is 1. The second-order valence-corrected chi connectivity index (χ2v) is 8.65. The van der Waals surface area contributed by atoms with Crippen molar-refractivity contribution in [1.29, 1.82) is 0 Å².